The summed E-state index contributed by atoms with van der Waals surface area (Å²) in [7, 11) is 1.82. The van der Waals surface area contributed by atoms with Crippen LogP contribution in [0.3, 0.4) is 0 Å². The standard InChI is InChI=1S/C17H23NO2/c1-14(2)12-17(20)18(3)13-16-10-5-4-8-15(16)9-6-7-11-19/h4-5,8,10,14,19H,7,11-13H2,1-3H3. The van der Waals surface area contributed by atoms with Crippen molar-refractivity contribution in [2.24, 2.45) is 5.92 Å². The molecule has 3 nitrogen and oxygen atoms in total. The smallest absolute Gasteiger partial charge is 0.222 e. The van der Waals surface area contributed by atoms with Crippen LogP contribution >= 0.6 is 0 Å². The van der Waals surface area contributed by atoms with Gasteiger partial charge in [0.25, 0.3) is 0 Å². The average Bonchev–Trinajstić information content (AvgIpc) is 2.40. The molecule has 1 N–H and O–H groups in total. The predicted molar refractivity (Wildman–Crippen MR) is 81.0 cm³/mol. The molecule has 1 aromatic rings. The Morgan fingerprint density at radius 3 is 2.70 bits per heavy atom. The molecule has 20 heavy (non-hydrogen) atoms. The van der Waals surface area contributed by atoms with Crippen LogP contribution in [0.1, 0.15) is 37.8 Å². The van der Waals surface area contributed by atoms with E-state index in [0.717, 1.165) is 11.1 Å². The Labute approximate surface area is 121 Å². The third-order valence-electron chi connectivity index (χ3n) is 2.89. The summed E-state index contributed by atoms with van der Waals surface area (Å²) in [5.41, 5.74) is 1.96. The number of aliphatic hydroxyl groups excluding tert-OH is 1. The summed E-state index contributed by atoms with van der Waals surface area (Å²) in [6.45, 7) is 4.72. The molecule has 0 spiro atoms. The van der Waals surface area contributed by atoms with Gasteiger partial charge in [-0.1, -0.05) is 43.9 Å². The summed E-state index contributed by atoms with van der Waals surface area (Å²) in [6.07, 6.45) is 1.03. The Kier molecular flexibility index (Phi) is 6.83. The number of hydrogen-bond acceptors (Lipinski definition) is 2. The van der Waals surface area contributed by atoms with Gasteiger partial charge < -0.3 is 10.0 Å². The van der Waals surface area contributed by atoms with E-state index < -0.39 is 0 Å². The lowest BCUT2D eigenvalue weighted by Gasteiger charge is -2.19. The maximum absolute atomic E-state index is 12.0. The van der Waals surface area contributed by atoms with E-state index >= 15 is 0 Å². The van der Waals surface area contributed by atoms with Crippen LogP contribution in [-0.4, -0.2) is 29.6 Å². The van der Waals surface area contributed by atoms with Crippen molar-refractivity contribution in [1.82, 2.24) is 4.90 Å². The molecule has 0 atom stereocenters. The minimum absolute atomic E-state index is 0.0714. The first-order chi connectivity index (χ1) is 9.54. The van der Waals surface area contributed by atoms with E-state index in [0.29, 0.717) is 25.3 Å². The lowest BCUT2D eigenvalue weighted by Crippen LogP contribution is -2.27. The van der Waals surface area contributed by atoms with Gasteiger partial charge in [0.05, 0.1) is 6.61 Å². The number of hydrogen-bond donors (Lipinski definition) is 1. The minimum atomic E-state index is 0.0714. The first-order valence-electron chi connectivity index (χ1n) is 6.96. The fourth-order valence-corrected chi connectivity index (χ4v) is 1.84. The van der Waals surface area contributed by atoms with Crippen molar-refractivity contribution in [3.63, 3.8) is 0 Å². The van der Waals surface area contributed by atoms with Gasteiger partial charge in [-0.2, -0.15) is 0 Å². The molecule has 1 amide bonds. The lowest BCUT2D eigenvalue weighted by atomic mass is 10.1. The Bertz CT molecular complexity index is 497. The topological polar surface area (TPSA) is 40.5 Å². The molecule has 0 aromatic heterocycles. The minimum Gasteiger partial charge on any atom is -0.395 e. The summed E-state index contributed by atoms with van der Waals surface area (Å²) in [6, 6.07) is 7.82. The summed E-state index contributed by atoms with van der Waals surface area (Å²) in [5.74, 6) is 6.49. The molecule has 0 aliphatic heterocycles. The normalized spacial score (nSPS) is 10.1. The second kappa shape index (κ2) is 8.39. The number of rotatable bonds is 5. The summed E-state index contributed by atoms with van der Waals surface area (Å²) < 4.78 is 0. The molecule has 108 valence electrons. The molecule has 3 heteroatoms. The van der Waals surface area contributed by atoms with E-state index in [9.17, 15) is 4.79 Å². The first-order valence-corrected chi connectivity index (χ1v) is 6.96. The highest BCUT2D eigenvalue weighted by molar-refractivity contribution is 5.76. The second-order valence-electron chi connectivity index (χ2n) is 5.28. The quantitative estimate of drug-likeness (QED) is 0.837. The third kappa shape index (κ3) is 5.46. The number of benzene rings is 1. The third-order valence-corrected chi connectivity index (χ3v) is 2.89. The first kappa shape index (κ1) is 16.3. The van der Waals surface area contributed by atoms with E-state index in [4.69, 9.17) is 5.11 Å². The number of aliphatic hydroxyl groups is 1. The van der Waals surface area contributed by atoms with Crippen molar-refractivity contribution in [2.75, 3.05) is 13.7 Å². The summed E-state index contributed by atoms with van der Waals surface area (Å²) >= 11 is 0. The van der Waals surface area contributed by atoms with Crippen LogP contribution in [0.25, 0.3) is 0 Å². The Hall–Kier alpha value is -1.79. The molecular weight excluding hydrogens is 250 g/mol. The maximum atomic E-state index is 12.0. The average molecular weight is 273 g/mol. The van der Waals surface area contributed by atoms with Gasteiger partial charge in [-0.15, -0.1) is 0 Å². The van der Waals surface area contributed by atoms with Gasteiger partial charge in [0.2, 0.25) is 5.91 Å². The monoisotopic (exact) mass is 273 g/mol. The van der Waals surface area contributed by atoms with Crippen LogP contribution in [0.4, 0.5) is 0 Å². The Morgan fingerprint density at radius 2 is 2.05 bits per heavy atom. The predicted octanol–water partition coefficient (Wildman–Crippen LogP) is 2.43. The molecule has 0 saturated carbocycles. The summed E-state index contributed by atoms with van der Waals surface area (Å²) in [5, 5.41) is 8.76. The number of carbonyl (C=O) groups is 1. The molecule has 1 rings (SSSR count). The molecular formula is C17H23NO2. The van der Waals surface area contributed by atoms with E-state index in [1.807, 2.05) is 45.2 Å². The Balaban J connectivity index is 2.77. The van der Waals surface area contributed by atoms with Crippen molar-refractivity contribution in [2.45, 2.75) is 33.2 Å². The molecule has 0 aliphatic carbocycles. The van der Waals surface area contributed by atoms with Gasteiger partial charge in [0, 0.05) is 32.0 Å². The van der Waals surface area contributed by atoms with Crippen molar-refractivity contribution in [3.8, 4) is 11.8 Å². The van der Waals surface area contributed by atoms with Gasteiger partial charge in [-0.3, -0.25) is 4.79 Å². The highest BCUT2D eigenvalue weighted by Gasteiger charge is 2.12. The van der Waals surface area contributed by atoms with E-state index in [1.54, 1.807) is 4.90 Å². The van der Waals surface area contributed by atoms with Crippen molar-refractivity contribution >= 4 is 5.91 Å². The SMILES string of the molecule is CC(C)CC(=O)N(C)Cc1ccccc1C#CCCO. The number of nitrogens with zero attached hydrogens (tertiary/aromatic N) is 1. The van der Waals surface area contributed by atoms with Gasteiger partial charge in [0.1, 0.15) is 0 Å². The number of amides is 1. The van der Waals surface area contributed by atoms with Crippen LogP contribution in [-0.2, 0) is 11.3 Å². The second-order valence-corrected chi connectivity index (χ2v) is 5.28. The molecule has 0 fully saturated rings. The van der Waals surface area contributed by atoms with Crippen molar-refractivity contribution < 1.29 is 9.90 Å². The van der Waals surface area contributed by atoms with E-state index in [1.165, 1.54) is 0 Å². The molecule has 1 aromatic carbocycles. The van der Waals surface area contributed by atoms with E-state index in [2.05, 4.69) is 11.8 Å². The van der Waals surface area contributed by atoms with Crippen LogP contribution in [0, 0.1) is 17.8 Å². The van der Waals surface area contributed by atoms with Crippen LogP contribution < -0.4 is 0 Å². The van der Waals surface area contributed by atoms with Gasteiger partial charge in [-0.05, 0) is 17.5 Å². The molecule has 0 radical (unpaired) electrons. The number of carbonyl (C=O) groups excluding carboxylic acids is 1. The fraction of sp³-hybridized carbons (Fsp3) is 0.471. The Morgan fingerprint density at radius 1 is 1.35 bits per heavy atom. The van der Waals surface area contributed by atoms with Gasteiger partial charge in [0.15, 0.2) is 0 Å². The molecule has 0 heterocycles. The molecule has 0 unspecified atom stereocenters. The van der Waals surface area contributed by atoms with Crippen LogP contribution in [0.5, 0.6) is 0 Å². The van der Waals surface area contributed by atoms with Crippen molar-refractivity contribution in [1.29, 1.82) is 0 Å². The molecule has 0 saturated heterocycles. The fourth-order valence-electron chi connectivity index (χ4n) is 1.84. The van der Waals surface area contributed by atoms with Crippen molar-refractivity contribution in [3.05, 3.63) is 35.4 Å². The van der Waals surface area contributed by atoms with Crippen LogP contribution in [0.15, 0.2) is 24.3 Å². The molecule has 0 bridgehead atoms. The largest absolute Gasteiger partial charge is 0.395 e. The highest BCUT2D eigenvalue weighted by atomic mass is 16.2. The zero-order chi connectivity index (χ0) is 15.0. The molecule has 0 aliphatic rings. The van der Waals surface area contributed by atoms with Gasteiger partial charge >= 0.3 is 0 Å². The zero-order valence-corrected chi connectivity index (χ0v) is 12.5. The van der Waals surface area contributed by atoms with Gasteiger partial charge in [-0.25, -0.2) is 0 Å². The summed E-state index contributed by atoms with van der Waals surface area (Å²) in [4.78, 5) is 13.7. The van der Waals surface area contributed by atoms with E-state index in [-0.39, 0.29) is 12.5 Å². The lowest BCUT2D eigenvalue weighted by molar-refractivity contribution is -0.131. The zero-order valence-electron chi connectivity index (χ0n) is 12.5. The maximum Gasteiger partial charge on any atom is 0.222 e. The van der Waals surface area contributed by atoms with Crippen LogP contribution in [0.2, 0.25) is 0 Å². The highest BCUT2D eigenvalue weighted by Crippen LogP contribution is 2.12.